The molecule has 1 aliphatic heterocycles. The second kappa shape index (κ2) is 5.73. The summed E-state index contributed by atoms with van der Waals surface area (Å²) in [7, 11) is 0. The number of pyridine rings is 1. The van der Waals surface area contributed by atoms with Crippen molar-refractivity contribution in [1.29, 1.82) is 0 Å². The molecule has 2 heterocycles. The Kier molecular flexibility index (Phi) is 3.70. The van der Waals surface area contributed by atoms with Gasteiger partial charge in [-0.15, -0.1) is 0 Å². The van der Waals surface area contributed by atoms with Gasteiger partial charge in [-0.05, 0) is 37.5 Å². The fourth-order valence-corrected chi connectivity index (χ4v) is 3.97. The summed E-state index contributed by atoms with van der Waals surface area (Å²) < 4.78 is 19.3. The monoisotopic (exact) mass is 316 g/mol. The molecule has 0 radical (unpaired) electrons. The second-order valence-corrected chi connectivity index (χ2v) is 6.83. The molecule has 5 heteroatoms. The highest BCUT2D eigenvalue weighted by Gasteiger charge is 2.42. The summed E-state index contributed by atoms with van der Waals surface area (Å²) in [6.45, 7) is 1.33. The molecule has 0 unspecified atom stereocenters. The van der Waals surface area contributed by atoms with Crippen molar-refractivity contribution in [1.82, 2.24) is 10.3 Å². The van der Waals surface area contributed by atoms with Gasteiger partial charge in [0.15, 0.2) is 5.43 Å². The van der Waals surface area contributed by atoms with Crippen LogP contribution in [0.25, 0.3) is 10.9 Å². The van der Waals surface area contributed by atoms with Crippen molar-refractivity contribution in [2.24, 2.45) is 0 Å². The Labute approximate surface area is 134 Å². The van der Waals surface area contributed by atoms with Crippen LogP contribution < -0.4 is 10.7 Å². The van der Waals surface area contributed by atoms with Crippen molar-refractivity contribution >= 4 is 10.9 Å². The van der Waals surface area contributed by atoms with Gasteiger partial charge in [-0.3, -0.25) is 4.79 Å². The van der Waals surface area contributed by atoms with Gasteiger partial charge in [-0.25, -0.2) is 4.39 Å². The second-order valence-electron chi connectivity index (χ2n) is 6.83. The topological polar surface area (TPSA) is 54.1 Å². The molecule has 2 N–H and O–H groups in total. The van der Waals surface area contributed by atoms with Gasteiger partial charge in [0.05, 0.1) is 12.2 Å². The number of halogens is 1. The lowest BCUT2D eigenvalue weighted by Gasteiger charge is -2.21. The number of ether oxygens (including phenoxy) is 1. The van der Waals surface area contributed by atoms with Crippen LogP contribution in [0.15, 0.2) is 29.1 Å². The summed E-state index contributed by atoms with van der Waals surface area (Å²) in [5.74, 6) is -0.390. The lowest BCUT2D eigenvalue weighted by molar-refractivity contribution is 0.00989. The predicted molar refractivity (Wildman–Crippen MR) is 86.9 cm³/mol. The van der Waals surface area contributed by atoms with Crippen molar-refractivity contribution < 1.29 is 9.13 Å². The molecule has 1 spiro atoms. The smallest absolute Gasteiger partial charge is 0.189 e. The highest BCUT2D eigenvalue weighted by atomic mass is 19.1. The number of aromatic amines is 1. The third-order valence-electron chi connectivity index (χ3n) is 5.15. The number of aromatic nitrogens is 1. The molecule has 2 aliphatic rings. The van der Waals surface area contributed by atoms with Crippen LogP contribution in [-0.4, -0.2) is 23.2 Å². The van der Waals surface area contributed by atoms with E-state index in [9.17, 15) is 9.18 Å². The van der Waals surface area contributed by atoms with Crippen molar-refractivity contribution in [3.05, 3.63) is 46.0 Å². The predicted octanol–water partition coefficient (Wildman–Crippen LogP) is 2.86. The molecular formula is C18H21FN2O2. The Morgan fingerprint density at radius 1 is 1.30 bits per heavy atom. The number of hydrogen-bond acceptors (Lipinski definition) is 3. The number of hydrogen-bond donors (Lipinski definition) is 2. The fourth-order valence-electron chi connectivity index (χ4n) is 3.97. The number of benzene rings is 1. The molecule has 4 nitrogen and oxygen atoms in total. The van der Waals surface area contributed by atoms with E-state index in [4.69, 9.17) is 4.74 Å². The van der Waals surface area contributed by atoms with Crippen LogP contribution in [0.5, 0.6) is 0 Å². The maximum atomic E-state index is 13.2. The van der Waals surface area contributed by atoms with E-state index < -0.39 is 0 Å². The van der Waals surface area contributed by atoms with Crippen molar-refractivity contribution in [3.63, 3.8) is 0 Å². The van der Waals surface area contributed by atoms with Gasteiger partial charge in [0, 0.05) is 35.2 Å². The summed E-state index contributed by atoms with van der Waals surface area (Å²) in [6, 6.07) is 6.14. The molecule has 0 amide bonds. The Morgan fingerprint density at radius 3 is 2.96 bits per heavy atom. The molecular weight excluding hydrogens is 295 g/mol. The van der Waals surface area contributed by atoms with Crippen molar-refractivity contribution in [3.8, 4) is 0 Å². The Bertz CT molecular complexity index is 780. The number of fused-ring (bicyclic) bond motifs is 1. The summed E-state index contributed by atoms with van der Waals surface area (Å²) in [6.07, 6.45) is 5.92. The van der Waals surface area contributed by atoms with Crippen LogP contribution >= 0.6 is 0 Å². The van der Waals surface area contributed by atoms with Crippen LogP contribution in [0.1, 0.15) is 37.8 Å². The first kappa shape index (κ1) is 14.8. The van der Waals surface area contributed by atoms with E-state index in [1.807, 2.05) is 0 Å². The van der Waals surface area contributed by atoms with Gasteiger partial charge < -0.3 is 15.0 Å². The summed E-state index contributed by atoms with van der Waals surface area (Å²) in [4.78, 5) is 15.3. The first-order chi connectivity index (χ1) is 11.1. The molecule has 1 aromatic carbocycles. The first-order valence-corrected chi connectivity index (χ1v) is 8.32. The molecule has 1 saturated heterocycles. The minimum Gasteiger partial charge on any atom is -0.373 e. The molecule has 2 fully saturated rings. The normalized spacial score (nSPS) is 23.1. The van der Waals surface area contributed by atoms with Gasteiger partial charge in [0.1, 0.15) is 5.82 Å². The Balaban J connectivity index is 1.46. The number of H-pyrrole nitrogens is 1. The van der Waals surface area contributed by atoms with Gasteiger partial charge in [-0.1, -0.05) is 12.8 Å². The van der Waals surface area contributed by atoms with E-state index in [2.05, 4.69) is 10.3 Å². The van der Waals surface area contributed by atoms with E-state index in [1.165, 1.54) is 37.8 Å². The summed E-state index contributed by atoms with van der Waals surface area (Å²) >= 11 is 0. The fraction of sp³-hybridized carbons (Fsp3) is 0.500. The molecule has 23 heavy (non-hydrogen) atoms. The van der Waals surface area contributed by atoms with Crippen molar-refractivity contribution in [2.45, 2.75) is 50.3 Å². The quantitative estimate of drug-likeness (QED) is 0.915. The third-order valence-corrected chi connectivity index (χ3v) is 5.15. The number of nitrogens with one attached hydrogen (secondary N) is 2. The van der Waals surface area contributed by atoms with Gasteiger partial charge in [0.25, 0.3) is 0 Å². The van der Waals surface area contributed by atoms with Gasteiger partial charge in [0.2, 0.25) is 0 Å². The lowest BCUT2D eigenvalue weighted by Crippen LogP contribution is -2.31. The molecule has 4 rings (SSSR count). The maximum absolute atomic E-state index is 13.2. The van der Waals surface area contributed by atoms with E-state index >= 15 is 0 Å². The van der Waals surface area contributed by atoms with Crippen LogP contribution in [0.3, 0.4) is 0 Å². The average molecular weight is 316 g/mol. The zero-order chi connectivity index (χ0) is 15.9. The molecule has 1 aromatic heterocycles. The van der Waals surface area contributed by atoms with Gasteiger partial charge in [-0.2, -0.15) is 0 Å². The average Bonchev–Trinajstić information content (AvgIpc) is 3.16. The highest BCUT2D eigenvalue weighted by Crippen LogP contribution is 2.40. The molecule has 0 bridgehead atoms. The third kappa shape index (κ3) is 2.91. The first-order valence-electron chi connectivity index (χ1n) is 8.32. The molecule has 2 aromatic rings. The molecule has 1 saturated carbocycles. The highest BCUT2D eigenvalue weighted by molar-refractivity contribution is 5.78. The largest absolute Gasteiger partial charge is 0.373 e. The van der Waals surface area contributed by atoms with Crippen LogP contribution in [0, 0.1) is 5.82 Å². The number of rotatable bonds is 3. The standard InChI is InChI=1S/C18H21FN2O2/c19-12-3-4-16-15(7-12)17(22)8-13(21-16)10-20-14-9-18(23-11-14)5-1-2-6-18/h3-4,7-8,14,20H,1-2,5-6,9-11H2,(H,21,22)/t14-/m1/s1. The summed E-state index contributed by atoms with van der Waals surface area (Å²) in [5.41, 5.74) is 1.45. The minimum absolute atomic E-state index is 0.103. The zero-order valence-corrected chi connectivity index (χ0v) is 13.0. The lowest BCUT2D eigenvalue weighted by atomic mass is 9.96. The van der Waals surface area contributed by atoms with Crippen LogP contribution in [-0.2, 0) is 11.3 Å². The van der Waals surface area contributed by atoms with Gasteiger partial charge >= 0.3 is 0 Å². The molecule has 122 valence electrons. The molecule has 1 atom stereocenters. The zero-order valence-electron chi connectivity index (χ0n) is 13.0. The van der Waals surface area contributed by atoms with E-state index in [0.29, 0.717) is 23.5 Å². The SMILES string of the molecule is O=c1cc(CN[C@H]2COC3(CCCC3)C2)[nH]c2ccc(F)cc12. The van der Waals surface area contributed by atoms with Crippen LogP contribution in [0.2, 0.25) is 0 Å². The van der Waals surface area contributed by atoms with E-state index in [1.54, 1.807) is 12.1 Å². The van der Waals surface area contributed by atoms with E-state index in [-0.39, 0.29) is 16.8 Å². The maximum Gasteiger partial charge on any atom is 0.189 e. The Hall–Kier alpha value is -1.72. The summed E-state index contributed by atoms with van der Waals surface area (Å²) in [5, 5.41) is 3.87. The van der Waals surface area contributed by atoms with Crippen LogP contribution in [0.4, 0.5) is 4.39 Å². The van der Waals surface area contributed by atoms with Crippen molar-refractivity contribution in [2.75, 3.05) is 6.61 Å². The Morgan fingerprint density at radius 2 is 2.13 bits per heavy atom. The molecule has 1 aliphatic carbocycles. The van der Waals surface area contributed by atoms with E-state index in [0.717, 1.165) is 18.7 Å². The minimum atomic E-state index is -0.390.